The lowest BCUT2D eigenvalue weighted by atomic mass is 9.87. The third kappa shape index (κ3) is 0.536. The molecule has 10 heavy (non-hydrogen) atoms. The molecule has 0 aromatic rings. The van der Waals surface area contributed by atoms with E-state index in [9.17, 15) is 5.11 Å². The number of hydrogen-bond donors (Lipinski definition) is 1. The largest absolute Gasteiger partial charge is 0.512 e. The summed E-state index contributed by atoms with van der Waals surface area (Å²) in [5.41, 5.74) is 1.43. The van der Waals surface area contributed by atoms with Crippen molar-refractivity contribution in [1.29, 1.82) is 0 Å². The molecule has 1 heteroatoms. The molecule has 1 fully saturated rings. The smallest absolute Gasteiger partial charge is 0.0973 e. The molecule has 1 N–H and O–H groups in total. The molecule has 1 saturated carbocycles. The van der Waals surface area contributed by atoms with E-state index in [0.717, 1.165) is 0 Å². The van der Waals surface area contributed by atoms with E-state index in [-0.39, 0.29) is 5.41 Å². The summed E-state index contributed by atoms with van der Waals surface area (Å²) in [4.78, 5) is 0. The van der Waals surface area contributed by atoms with Crippen molar-refractivity contribution in [2.75, 3.05) is 0 Å². The van der Waals surface area contributed by atoms with Crippen molar-refractivity contribution in [3.8, 4) is 0 Å². The fraction of sp³-hybridized carbons (Fsp3) is 0.778. The van der Waals surface area contributed by atoms with Crippen molar-refractivity contribution in [3.05, 3.63) is 11.3 Å². The molecular weight excluding hydrogens is 124 g/mol. The van der Waals surface area contributed by atoms with Gasteiger partial charge in [-0.25, -0.2) is 0 Å². The van der Waals surface area contributed by atoms with E-state index in [1.54, 1.807) is 0 Å². The van der Waals surface area contributed by atoms with Gasteiger partial charge in [0.05, 0.1) is 5.76 Å². The van der Waals surface area contributed by atoms with Crippen LogP contribution in [0.3, 0.4) is 0 Å². The van der Waals surface area contributed by atoms with Crippen LogP contribution in [0.25, 0.3) is 0 Å². The molecule has 0 aliphatic heterocycles. The minimum Gasteiger partial charge on any atom is -0.512 e. The average Bonchev–Trinajstić information content (AvgIpc) is 2.35. The van der Waals surface area contributed by atoms with Crippen molar-refractivity contribution in [3.63, 3.8) is 0 Å². The lowest BCUT2D eigenvalue weighted by Crippen LogP contribution is -2.12. The van der Waals surface area contributed by atoms with Crippen molar-refractivity contribution >= 4 is 0 Å². The Morgan fingerprint density at radius 1 is 1.60 bits per heavy atom. The second-order valence-corrected chi connectivity index (χ2v) is 4.03. The molecule has 2 aliphatic rings. The van der Waals surface area contributed by atoms with Gasteiger partial charge in [-0.05, 0) is 37.7 Å². The molecule has 0 spiro atoms. The van der Waals surface area contributed by atoms with Crippen molar-refractivity contribution < 1.29 is 5.11 Å². The van der Waals surface area contributed by atoms with Gasteiger partial charge in [0.2, 0.25) is 0 Å². The van der Waals surface area contributed by atoms with E-state index in [1.165, 1.54) is 24.8 Å². The highest BCUT2D eigenvalue weighted by atomic mass is 16.3. The van der Waals surface area contributed by atoms with Crippen LogP contribution in [0.2, 0.25) is 0 Å². The van der Waals surface area contributed by atoms with Gasteiger partial charge in [0.15, 0.2) is 0 Å². The molecule has 2 aliphatic carbocycles. The molecular formula is C9H14O. The van der Waals surface area contributed by atoms with E-state index < -0.39 is 0 Å². The fourth-order valence-corrected chi connectivity index (χ4v) is 2.49. The molecule has 0 heterocycles. The maximum absolute atomic E-state index is 9.63. The first kappa shape index (κ1) is 6.26. The molecule has 2 rings (SSSR count). The first-order chi connectivity index (χ1) is 4.63. The number of aliphatic hydroxyl groups is 1. The highest BCUT2D eigenvalue weighted by Crippen LogP contribution is 2.55. The first-order valence-electron chi connectivity index (χ1n) is 4.04. The minimum atomic E-state index is 0.175. The van der Waals surface area contributed by atoms with Gasteiger partial charge in [-0.3, -0.25) is 0 Å². The van der Waals surface area contributed by atoms with Crippen molar-refractivity contribution in [2.24, 2.45) is 11.3 Å². The molecule has 0 saturated heterocycles. The van der Waals surface area contributed by atoms with Crippen LogP contribution in [0, 0.1) is 11.3 Å². The Balaban J connectivity index is 2.45. The van der Waals surface area contributed by atoms with Gasteiger partial charge in [-0.15, -0.1) is 0 Å². The SMILES string of the molecule is CC1=C(O)C2(C)CCC1C2. The summed E-state index contributed by atoms with van der Waals surface area (Å²) >= 11 is 0. The summed E-state index contributed by atoms with van der Waals surface area (Å²) in [5, 5.41) is 9.63. The number of fused-ring (bicyclic) bond motifs is 2. The molecule has 2 atom stereocenters. The van der Waals surface area contributed by atoms with Crippen LogP contribution in [-0.2, 0) is 0 Å². The second-order valence-electron chi connectivity index (χ2n) is 4.03. The third-order valence-electron chi connectivity index (χ3n) is 3.30. The average molecular weight is 138 g/mol. The number of aliphatic hydroxyl groups excluding tert-OH is 1. The number of rotatable bonds is 0. The summed E-state index contributed by atoms with van der Waals surface area (Å²) in [6.07, 6.45) is 3.69. The van der Waals surface area contributed by atoms with E-state index in [0.29, 0.717) is 11.7 Å². The Labute approximate surface area is 61.8 Å². The quantitative estimate of drug-likeness (QED) is 0.545. The number of hydrogen-bond acceptors (Lipinski definition) is 1. The molecule has 1 nitrogen and oxygen atoms in total. The van der Waals surface area contributed by atoms with Gasteiger partial charge in [-0.1, -0.05) is 6.92 Å². The van der Waals surface area contributed by atoms with E-state index in [4.69, 9.17) is 0 Å². The van der Waals surface area contributed by atoms with Gasteiger partial charge >= 0.3 is 0 Å². The molecule has 0 aromatic heterocycles. The first-order valence-corrected chi connectivity index (χ1v) is 4.04. The maximum atomic E-state index is 9.63. The summed E-state index contributed by atoms with van der Waals surface area (Å²) in [5.74, 6) is 1.41. The Kier molecular flexibility index (Phi) is 0.988. The summed E-state index contributed by atoms with van der Waals surface area (Å²) < 4.78 is 0. The van der Waals surface area contributed by atoms with Gasteiger partial charge < -0.3 is 5.11 Å². The monoisotopic (exact) mass is 138 g/mol. The van der Waals surface area contributed by atoms with Crippen LogP contribution in [-0.4, -0.2) is 5.11 Å². The van der Waals surface area contributed by atoms with Crippen LogP contribution < -0.4 is 0 Å². The maximum Gasteiger partial charge on any atom is 0.0973 e. The Hall–Kier alpha value is -0.460. The van der Waals surface area contributed by atoms with Crippen molar-refractivity contribution in [2.45, 2.75) is 33.1 Å². The fourth-order valence-electron chi connectivity index (χ4n) is 2.49. The topological polar surface area (TPSA) is 20.2 Å². The highest BCUT2D eigenvalue weighted by Gasteiger charge is 2.46. The summed E-state index contributed by atoms with van der Waals surface area (Å²) in [6, 6.07) is 0. The summed E-state index contributed by atoms with van der Waals surface area (Å²) in [7, 11) is 0. The normalized spacial score (nSPS) is 45.2. The van der Waals surface area contributed by atoms with Crippen LogP contribution in [0.1, 0.15) is 33.1 Å². The Morgan fingerprint density at radius 2 is 2.30 bits per heavy atom. The second kappa shape index (κ2) is 1.58. The van der Waals surface area contributed by atoms with Crippen molar-refractivity contribution in [1.82, 2.24) is 0 Å². The zero-order valence-electron chi connectivity index (χ0n) is 6.65. The van der Waals surface area contributed by atoms with E-state index in [2.05, 4.69) is 13.8 Å². The number of allylic oxidation sites excluding steroid dienone is 2. The van der Waals surface area contributed by atoms with E-state index in [1.807, 2.05) is 0 Å². The lowest BCUT2D eigenvalue weighted by Gasteiger charge is -2.21. The zero-order valence-corrected chi connectivity index (χ0v) is 6.65. The van der Waals surface area contributed by atoms with Crippen LogP contribution >= 0.6 is 0 Å². The summed E-state index contributed by atoms with van der Waals surface area (Å²) in [6.45, 7) is 4.25. The lowest BCUT2D eigenvalue weighted by molar-refractivity contribution is 0.250. The van der Waals surface area contributed by atoms with Crippen LogP contribution in [0.4, 0.5) is 0 Å². The van der Waals surface area contributed by atoms with Gasteiger partial charge in [0.25, 0.3) is 0 Å². The molecule has 56 valence electrons. The Morgan fingerprint density at radius 3 is 2.60 bits per heavy atom. The molecule has 0 radical (unpaired) electrons. The van der Waals surface area contributed by atoms with Gasteiger partial charge in [-0.2, -0.15) is 0 Å². The van der Waals surface area contributed by atoms with Crippen LogP contribution in [0.15, 0.2) is 11.3 Å². The van der Waals surface area contributed by atoms with E-state index >= 15 is 0 Å². The predicted molar refractivity (Wildman–Crippen MR) is 40.8 cm³/mol. The molecule has 0 amide bonds. The minimum absolute atomic E-state index is 0.175. The highest BCUT2D eigenvalue weighted by molar-refractivity contribution is 5.27. The third-order valence-corrected chi connectivity index (χ3v) is 3.30. The zero-order chi connectivity index (χ0) is 7.35. The Bertz CT molecular complexity index is 205. The predicted octanol–water partition coefficient (Wildman–Crippen LogP) is 2.64. The molecule has 2 unspecified atom stereocenters. The molecule has 2 bridgehead atoms. The van der Waals surface area contributed by atoms with Gasteiger partial charge in [0, 0.05) is 5.41 Å². The van der Waals surface area contributed by atoms with Crippen LogP contribution in [0.5, 0.6) is 0 Å². The molecule has 0 aromatic carbocycles. The standard InChI is InChI=1S/C9H14O/c1-6-7-3-4-9(2,5-7)8(6)10/h7,10H,3-5H2,1-2H3. The van der Waals surface area contributed by atoms with Gasteiger partial charge in [0.1, 0.15) is 0 Å².